The first-order chi connectivity index (χ1) is 15.9. The fourth-order valence-electron chi connectivity index (χ4n) is 3.23. The van der Waals surface area contributed by atoms with Gasteiger partial charge in [-0.2, -0.15) is 0 Å². The highest BCUT2D eigenvalue weighted by Gasteiger charge is 2.34. The number of hydrogen-bond donors (Lipinski definition) is 2. The van der Waals surface area contributed by atoms with E-state index >= 15 is 0 Å². The number of nitrogens with one attached hydrogen (secondary N) is 1. The molecule has 0 radical (unpaired) electrons. The average molecular weight is 446 g/mol. The Hall–Kier alpha value is -4.66. The number of ether oxygens (including phenoxy) is 1. The van der Waals surface area contributed by atoms with Gasteiger partial charge in [-0.15, -0.1) is 0 Å². The topological polar surface area (TPSA) is 126 Å². The van der Waals surface area contributed by atoms with Gasteiger partial charge in [0.2, 0.25) is 0 Å². The van der Waals surface area contributed by atoms with Gasteiger partial charge in [0.25, 0.3) is 11.8 Å². The summed E-state index contributed by atoms with van der Waals surface area (Å²) >= 11 is 0. The van der Waals surface area contributed by atoms with Gasteiger partial charge in [0.1, 0.15) is 17.1 Å². The number of nitrogens with zero attached hydrogens (tertiary/aromatic N) is 1. The maximum absolute atomic E-state index is 12.8. The Balaban J connectivity index is 1.55. The third kappa shape index (κ3) is 4.38. The van der Waals surface area contributed by atoms with Crippen LogP contribution < -0.4 is 10.4 Å². The SMILES string of the molecule is CCOC(=O)c1ccc(N2NC(=O)C(=Cc3ccc(-c4cccc(C(=O)O)c4)o3)C2=O)cc1. The zero-order chi connectivity index (χ0) is 23.5. The summed E-state index contributed by atoms with van der Waals surface area (Å²) in [4.78, 5) is 48.2. The normalized spacial score (nSPS) is 14.5. The molecule has 0 atom stereocenters. The van der Waals surface area contributed by atoms with E-state index in [0.29, 0.717) is 22.6 Å². The monoisotopic (exact) mass is 446 g/mol. The molecule has 166 valence electrons. The molecule has 9 heteroatoms. The van der Waals surface area contributed by atoms with Crippen LogP contribution in [0, 0.1) is 0 Å². The van der Waals surface area contributed by atoms with Crippen LogP contribution in [0.5, 0.6) is 0 Å². The Morgan fingerprint density at radius 3 is 2.52 bits per heavy atom. The van der Waals surface area contributed by atoms with E-state index in [9.17, 15) is 19.2 Å². The van der Waals surface area contributed by atoms with Crippen molar-refractivity contribution in [3.05, 3.63) is 83.1 Å². The van der Waals surface area contributed by atoms with Crippen molar-refractivity contribution in [2.75, 3.05) is 11.6 Å². The average Bonchev–Trinajstić information content (AvgIpc) is 3.40. The fourth-order valence-corrected chi connectivity index (χ4v) is 3.23. The van der Waals surface area contributed by atoms with Crippen LogP contribution in [0.2, 0.25) is 0 Å². The minimum Gasteiger partial charge on any atom is -0.478 e. The summed E-state index contributed by atoms with van der Waals surface area (Å²) < 4.78 is 10.6. The number of furan rings is 1. The smallest absolute Gasteiger partial charge is 0.338 e. The predicted molar refractivity (Wildman–Crippen MR) is 117 cm³/mol. The zero-order valence-corrected chi connectivity index (χ0v) is 17.4. The molecular formula is C24H18N2O7. The number of anilines is 1. The molecule has 1 fully saturated rings. The summed E-state index contributed by atoms with van der Waals surface area (Å²) in [5, 5.41) is 10.2. The summed E-state index contributed by atoms with van der Waals surface area (Å²) in [7, 11) is 0. The summed E-state index contributed by atoms with van der Waals surface area (Å²) in [5.74, 6) is -2.10. The first-order valence-corrected chi connectivity index (χ1v) is 9.95. The van der Waals surface area contributed by atoms with Crippen molar-refractivity contribution >= 4 is 35.5 Å². The molecule has 1 aliphatic heterocycles. The number of aromatic carboxylic acids is 1. The number of hydrazine groups is 1. The quantitative estimate of drug-likeness (QED) is 0.338. The number of carbonyl (C=O) groups excluding carboxylic acids is 3. The molecule has 2 amide bonds. The number of carbonyl (C=O) groups is 4. The number of benzene rings is 2. The summed E-state index contributed by atoms with van der Waals surface area (Å²) in [6.07, 6.45) is 1.31. The molecule has 1 aliphatic rings. The van der Waals surface area contributed by atoms with Crippen molar-refractivity contribution in [3.63, 3.8) is 0 Å². The second-order valence-electron chi connectivity index (χ2n) is 6.99. The number of amides is 2. The van der Waals surface area contributed by atoms with Gasteiger partial charge >= 0.3 is 11.9 Å². The van der Waals surface area contributed by atoms with E-state index in [1.54, 1.807) is 31.2 Å². The van der Waals surface area contributed by atoms with E-state index in [4.69, 9.17) is 14.3 Å². The summed E-state index contributed by atoms with van der Waals surface area (Å²) in [5.41, 5.74) is 3.69. The lowest BCUT2D eigenvalue weighted by molar-refractivity contribution is -0.117. The highest BCUT2D eigenvalue weighted by atomic mass is 16.5. The number of rotatable bonds is 6. The van der Waals surface area contributed by atoms with Crippen LogP contribution in [0.25, 0.3) is 17.4 Å². The van der Waals surface area contributed by atoms with E-state index in [1.807, 2.05) is 0 Å². The Labute approximate surface area is 187 Å². The molecular weight excluding hydrogens is 428 g/mol. The molecule has 9 nitrogen and oxygen atoms in total. The molecule has 1 saturated heterocycles. The zero-order valence-electron chi connectivity index (χ0n) is 17.4. The fraction of sp³-hybridized carbons (Fsp3) is 0.0833. The maximum Gasteiger partial charge on any atom is 0.338 e. The Kier molecular flexibility index (Phi) is 5.77. The van der Waals surface area contributed by atoms with Crippen LogP contribution in [0.4, 0.5) is 5.69 Å². The van der Waals surface area contributed by atoms with Crippen LogP contribution in [0.3, 0.4) is 0 Å². The molecule has 0 saturated carbocycles. The standard InChI is InChI=1S/C24H18N2O7/c1-2-32-24(31)14-6-8-17(9-7-14)26-22(28)19(21(27)25-26)13-18-10-11-20(33-18)15-4-3-5-16(12-15)23(29)30/h3-13H,2H2,1H3,(H,25,27)(H,29,30). The van der Waals surface area contributed by atoms with Crippen molar-refractivity contribution in [1.29, 1.82) is 0 Å². The highest BCUT2D eigenvalue weighted by molar-refractivity contribution is 6.31. The van der Waals surface area contributed by atoms with Gasteiger partial charge in [-0.1, -0.05) is 12.1 Å². The van der Waals surface area contributed by atoms with E-state index in [-0.39, 0.29) is 23.5 Å². The van der Waals surface area contributed by atoms with Crippen molar-refractivity contribution in [3.8, 4) is 11.3 Å². The van der Waals surface area contributed by atoms with Crippen molar-refractivity contribution in [2.24, 2.45) is 0 Å². The lowest BCUT2D eigenvalue weighted by Crippen LogP contribution is -2.35. The van der Waals surface area contributed by atoms with Gasteiger partial charge < -0.3 is 14.3 Å². The van der Waals surface area contributed by atoms with Gasteiger partial charge in [0, 0.05) is 5.56 Å². The second-order valence-corrected chi connectivity index (χ2v) is 6.99. The van der Waals surface area contributed by atoms with E-state index < -0.39 is 23.8 Å². The maximum atomic E-state index is 12.8. The Bertz CT molecular complexity index is 1290. The van der Waals surface area contributed by atoms with E-state index in [0.717, 1.165) is 5.01 Å². The molecule has 2 heterocycles. The van der Waals surface area contributed by atoms with Crippen molar-refractivity contribution < 1.29 is 33.4 Å². The molecule has 2 N–H and O–H groups in total. The van der Waals surface area contributed by atoms with Crippen molar-refractivity contribution in [1.82, 2.24) is 5.43 Å². The molecule has 3 aromatic rings. The predicted octanol–water partition coefficient (Wildman–Crippen LogP) is 3.28. The van der Waals surface area contributed by atoms with Crippen LogP contribution >= 0.6 is 0 Å². The Morgan fingerprint density at radius 2 is 1.82 bits per heavy atom. The number of carboxylic acid groups (broad SMARTS) is 1. The van der Waals surface area contributed by atoms with Gasteiger partial charge in [-0.3, -0.25) is 15.0 Å². The largest absolute Gasteiger partial charge is 0.478 e. The van der Waals surface area contributed by atoms with Gasteiger partial charge in [-0.05, 0) is 61.5 Å². The minimum absolute atomic E-state index is 0.110. The van der Waals surface area contributed by atoms with Crippen LogP contribution in [-0.2, 0) is 14.3 Å². The van der Waals surface area contributed by atoms with Gasteiger partial charge in [-0.25, -0.2) is 14.6 Å². The highest BCUT2D eigenvalue weighted by Crippen LogP contribution is 2.26. The first kappa shape index (κ1) is 21.6. The molecule has 0 bridgehead atoms. The van der Waals surface area contributed by atoms with Crippen LogP contribution in [-0.4, -0.2) is 35.5 Å². The lowest BCUT2D eigenvalue weighted by atomic mass is 10.1. The molecule has 2 aromatic carbocycles. The third-order valence-electron chi connectivity index (χ3n) is 4.84. The van der Waals surface area contributed by atoms with E-state index in [1.165, 1.54) is 42.5 Å². The van der Waals surface area contributed by atoms with E-state index in [2.05, 4.69) is 5.43 Å². The molecule has 0 aliphatic carbocycles. The first-order valence-electron chi connectivity index (χ1n) is 9.95. The molecule has 0 spiro atoms. The van der Waals surface area contributed by atoms with Crippen LogP contribution in [0.1, 0.15) is 33.4 Å². The third-order valence-corrected chi connectivity index (χ3v) is 4.84. The minimum atomic E-state index is -1.06. The number of hydrogen-bond acceptors (Lipinski definition) is 6. The number of esters is 1. The molecule has 4 rings (SSSR count). The molecule has 1 aromatic heterocycles. The summed E-state index contributed by atoms with van der Waals surface area (Å²) in [6.45, 7) is 1.95. The summed E-state index contributed by atoms with van der Waals surface area (Å²) in [6, 6.07) is 15.5. The second kappa shape index (κ2) is 8.83. The van der Waals surface area contributed by atoms with Gasteiger partial charge in [0.15, 0.2) is 0 Å². The molecule has 0 unspecified atom stereocenters. The van der Waals surface area contributed by atoms with Crippen molar-refractivity contribution in [2.45, 2.75) is 6.92 Å². The molecule has 33 heavy (non-hydrogen) atoms. The lowest BCUT2D eigenvalue weighted by Gasteiger charge is -2.14. The Morgan fingerprint density at radius 1 is 1.06 bits per heavy atom. The van der Waals surface area contributed by atoms with Gasteiger partial charge in [0.05, 0.1) is 23.4 Å². The number of carboxylic acids is 1. The van der Waals surface area contributed by atoms with Crippen LogP contribution in [0.15, 0.2) is 70.7 Å².